The summed E-state index contributed by atoms with van der Waals surface area (Å²) in [6.07, 6.45) is 2.78. The summed E-state index contributed by atoms with van der Waals surface area (Å²) in [5.41, 5.74) is 0. The van der Waals surface area contributed by atoms with Crippen LogP contribution in [0.25, 0.3) is 0 Å². The lowest BCUT2D eigenvalue weighted by Gasteiger charge is -2.08. The molecular weight excluding hydrogens is 276 g/mol. The SMILES string of the molecule is CC1CCC(Cn2cc(S(N)(=O)=O)c([N+](=O)[O-])n2)O1. The average Bonchev–Trinajstić information content (AvgIpc) is 2.85. The van der Waals surface area contributed by atoms with Crippen LogP contribution in [0.3, 0.4) is 0 Å². The van der Waals surface area contributed by atoms with Gasteiger partial charge in [0, 0.05) is 0 Å². The van der Waals surface area contributed by atoms with Gasteiger partial charge in [-0.2, -0.15) is 4.68 Å². The Morgan fingerprint density at radius 2 is 2.32 bits per heavy atom. The van der Waals surface area contributed by atoms with Crippen LogP contribution < -0.4 is 5.14 Å². The van der Waals surface area contributed by atoms with Crippen molar-refractivity contribution >= 4 is 15.8 Å². The van der Waals surface area contributed by atoms with E-state index in [1.54, 1.807) is 0 Å². The standard InChI is InChI=1S/C9H14N4O5S/c1-6-2-3-7(18-6)4-12-5-8(19(10,16)17)9(11-12)13(14)15/h5-7H,2-4H2,1H3,(H2,10,16,17). The number of ether oxygens (including phenoxy) is 1. The Morgan fingerprint density at radius 1 is 1.63 bits per heavy atom. The van der Waals surface area contributed by atoms with Crippen molar-refractivity contribution in [3.05, 3.63) is 16.3 Å². The summed E-state index contributed by atoms with van der Waals surface area (Å²) >= 11 is 0. The Kier molecular flexibility index (Phi) is 3.56. The normalized spacial score (nSPS) is 23.7. The second-order valence-corrected chi connectivity index (χ2v) is 6.02. The van der Waals surface area contributed by atoms with E-state index < -0.39 is 25.7 Å². The predicted molar refractivity (Wildman–Crippen MR) is 63.8 cm³/mol. The molecule has 2 N–H and O–H groups in total. The highest BCUT2D eigenvalue weighted by atomic mass is 32.2. The predicted octanol–water partition coefficient (Wildman–Crippen LogP) is 0.00620. The molecule has 0 aliphatic carbocycles. The molecule has 2 rings (SSSR count). The number of nitrogens with two attached hydrogens (primary N) is 1. The van der Waals surface area contributed by atoms with Crippen LogP contribution in [0, 0.1) is 10.1 Å². The summed E-state index contributed by atoms with van der Waals surface area (Å²) in [5, 5.41) is 19.3. The van der Waals surface area contributed by atoms with Crippen LogP contribution >= 0.6 is 0 Å². The number of hydrogen-bond donors (Lipinski definition) is 1. The van der Waals surface area contributed by atoms with Crippen LogP contribution in [0.1, 0.15) is 19.8 Å². The first-order chi connectivity index (χ1) is 8.77. The molecule has 2 heterocycles. The molecule has 0 amide bonds. The first-order valence-electron chi connectivity index (χ1n) is 5.67. The lowest BCUT2D eigenvalue weighted by atomic mass is 10.2. The van der Waals surface area contributed by atoms with Crippen LogP contribution in [-0.4, -0.2) is 35.3 Å². The Labute approximate surface area is 109 Å². The van der Waals surface area contributed by atoms with Crippen LogP contribution in [0.4, 0.5) is 5.82 Å². The molecule has 1 fully saturated rings. The molecule has 0 radical (unpaired) electrons. The van der Waals surface area contributed by atoms with E-state index in [9.17, 15) is 18.5 Å². The monoisotopic (exact) mass is 290 g/mol. The largest absolute Gasteiger partial charge is 0.410 e. The van der Waals surface area contributed by atoms with Crippen molar-refractivity contribution in [1.29, 1.82) is 0 Å². The van der Waals surface area contributed by atoms with Gasteiger partial charge >= 0.3 is 5.82 Å². The molecule has 1 aliphatic heterocycles. The number of sulfonamides is 1. The van der Waals surface area contributed by atoms with E-state index in [0.717, 1.165) is 19.0 Å². The highest BCUT2D eigenvalue weighted by Crippen LogP contribution is 2.23. The molecule has 19 heavy (non-hydrogen) atoms. The smallest absolute Gasteiger partial charge is 0.373 e. The van der Waals surface area contributed by atoms with Gasteiger partial charge < -0.3 is 14.9 Å². The number of rotatable bonds is 4. The van der Waals surface area contributed by atoms with E-state index in [-0.39, 0.29) is 18.8 Å². The van der Waals surface area contributed by atoms with Gasteiger partial charge in [-0.15, -0.1) is 0 Å². The lowest BCUT2D eigenvalue weighted by molar-refractivity contribution is -0.392. The van der Waals surface area contributed by atoms with Crippen LogP contribution in [0.5, 0.6) is 0 Å². The Balaban J connectivity index is 2.26. The molecule has 10 heteroatoms. The number of aromatic nitrogens is 2. The third-order valence-corrected chi connectivity index (χ3v) is 3.80. The first-order valence-corrected chi connectivity index (χ1v) is 7.22. The highest BCUT2D eigenvalue weighted by molar-refractivity contribution is 7.89. The van der Waals surface area contributed by atoms with Crippen molar-refractivity contribution in [2.45, 2.75) is 43.4 Å². The third kappa shape index (κ3) is 3.08. The third-order valence-electron chi connectivity index (χ3n) is 2.90. The van der Waals surface area contributed by atoms with Crippen molar-refractivity contribution in [3.8, 4) is 0 Å². The molecule has 1 aromatic heterocycles. The molecule has 0 bridgehead atoms. The Hall–Kier alpha value is -1.52. The van der Waals surface area contributed by atoms with Gasteiger partial charge in [-0.05, 0) is 24.7 Å². The van der Waals surface area contributed by atoms with Gasteiger partial charge in [0.1, 0.15) is 0 Å². The zero-order valence-corrected chi connectivity index (χ0v) is 11.0. The molecule has 1 saturated heterocycles. The molecule has 0 saturated carbocycles. The fraction of sp³-hybridized carbons (Fsp3) is 0.667. The molecule has 2 atom stereocenters. The van der Waals surface area contributed by atoms with Gasteiger partial charge in [0.25, 0.3) is 0 Å². The topological polar surface area (TPSA) is 130 Å². The van der Waals surface area contributed by atoms with E-state index >= 15 is 0 Å². The average molecular weight is 290 g/mol. The summed E-state index contributed by atoms with van der Waals surface area (Å²) < 4.78 is 29.2. The quantitative estimate of drug-likeness (QED) is 0.613. The molecular formula is C9H14N4O5S. The van der Waals surface area contributed by atoms with E-state index in [4.69, 9.17) is 9.88 Å². The van der Waals surface area contributed by atoms with Gasteiger partial charge in [-0.25, -0.2) is 13.6 Å². The maximum Gasteiger partial charge on any atom is 0.410 e. The maximum atomic E-state index is 11.2. The fourth-order valence-corrected chi connectivity index (χ4v) is 2.68. The van der Waals surface area contributed by atoms with Gasteiger partial charge in [-0.1, -0.05) is 0 Å². The summed E-state index contributed by atoms with van der Waals surface area (Å²) in [5.74, 6) is -0.756. The van der Waals surface area contributed by atoms with E-state index in [1.807, 2.05) is 6.92 Å². The summed E-state index contributed by atoms with van der Waals surface area (Å²) in [6, 6.07) is 0. The minimum atomic E-state index is -4.17. The molecule has 1 aromatic rings. The van der Waals surface area contributed by atoms with Crippen molar-refractivity contribution in [3.63, 3.8) is 0 Å². The minimum Gasteiger partial charge on any atom is -0.373 e. The highest BCUT2D eigenvalue weighted by Gasteiger charge is 2.31. The van der Waals surface area contributed by atoms with Gasteiger partial charge in [-0.3, -0.25) is 0 Å². The second-order valence-electron chi connectivity index (χ2n) is 4.49. The zero-order valence-electron chi connectivity index (χ0n) is 10.2. The lowest BCUT2D eigenvalue weighted by Crippen LogP contribution is -2.17. The second kappa shape index (κ2) is 4.87. The first kappa shape index (κ1) is 13.9. The Bertz CT molecular complexity index is 596. The van der Waals surface area contributed by atoms with Gasteiger partial charge in [0.15, 0.2) is 0 Å². The van der Waals surface area contributed by atoms with E-state index in [1.165, 1.54) is 4.68 Å². The summed E-state index contributed by atoms with van der Waals surface area (Å²) in [4.78, 5) is 9.30. The maximum absolute atomic E-state index is 11.2. The molecule has 106 valence electrons. The zero-order chi connectivity index (χ0) is 14.2. The molecule has 1 aliphatic rings. The van der Waals surface area contributed by atoms with Crippen molar-refractivity contribution in [2.75, 3.05) is 0 Å². The van der Waals surface area contributed by atoms with E-state index in [2.05, 4.69) is 5.10 Å². The van der Waals surface area contributed by atoms with Crippen molar-refractivity contribution in [1.82, 2.24) is 9.78 Å². The number of primary sulfonamides is 1. The van der Waals surface area contributed by atoms with Crippen LogP contribution in [0.15, 0.2) is 11.1 Å². The van der Waals surface area contributed by atoms with E-state index in [0.29, 0.717) is 0 Å². The van der Waals surface area contributed by atoms with Crippen LogP contribution in [-0.2, 0) is 21.3 Å². The fourth-order valence-electron chi connectivity index (χ4n) is 2.04. The van der Waals surface area contributed by atoms with Gasteiger partial charge in [0.05, 0.1) is 30.0 Å². The summed E-state index contributed by atoms with van der Waals surface area (Å²) in [7, 11) is -4.17. The molecule has 2 unspecified atom stereocenters. The molecule has 9 nitrogen and oxygen atoms in total. The number of nitrogens with zero attached hydrogens (tertiary/aromatic N) is 3. The Morgan fingerprint density at radius 3 is 2.74 bits per heavy atom. The molecule has 0 aromatic carbocycles. The van der Waals surface area contributed by atoms with Crippen LogP contribution in [0.2, 0.25) is 0 Å². The molecule has 0 spiro atoms. The van der Waals surface area contributed by atoms with Crippen molar-refractivity contribution in [2.24, 2.45) is 5.14 Å². The summed E-state index contributed by atoms with van der Waals surface area (Å²) in [6.45, 7) is 2.20. The van der Waals surface area contributed by atoms with Crippen molar-refractivity contribution < 1.29 is 18.1 Å². The number of nitro groups is 1. The number of hydrogen-bond acceptors (Lipinski definition) is 6. The van der Waals surface area contributed by atoms with Gasteiger partial charge in [0.2, 0.25) is 14.9 Å². The minimum absolute atomic E-state index is 0.122.